The molecule has 0 atom stereocenters. The summed E-state index contributed by atoms with van der Waals surface area (Å²) in [5, 5.41) is 7.83. The lowest BCUT2D eigenvalue weighted by Crippen LogP contribution is -2.06. The molecule has 4 nitrogen and oxygen atoms in total. The summed E-state index contributed by atoms with van der Waals surface area (Å²) in [4.78, 5) is 0. The van der Waals surface area contributed by atoms with Gasteiger partial charge in [-0.05, 0) is 31.5 Å². The topological polar surface area (TPSA) is 55.9 Å². The fraction of sp³-hybridized carbons (Fsp3) is 0.308. The summed E-state index contributed by atoms with van der Waals surface area (Å²) in [7, 11) is 0. The van der Waals surface area contributed by atoms with Crippen LogP contribution in [0.3, 0.4) is 0 Å². The van der Waals surface area contributed by atoms with Gasteiger partial charge in [-0.3, -0.25) is 0 Å². The van der Waals surface area contributed by atoms with E-state index >= 15 is 0 Å². The smallest absolute Gasteiger partial charge is 0.152 e. The minimum atomic E-state index is -0.358. The molecule has 2 rings (SSSR count). The summed E-state index contributed by atoms with van der Waals surface area (Å²) in [6.07, 6.45) is 0.923. The van der Waals surface area contributed by atoms with Crippen LogP contribution in [0.1, 0.15) is 19.0 Å². The first-order valence-corrected chi connectivity index (χ1v) is 6.45. The molecule has 1 aromatic heterocycles. The van der Waals surface area contributed by atoms with Gasteiger partial charge < -0.3 is 11.1 Å². The Hall–Kier alpha value is -1.75. The van der Waals surface area contributed by atoms with Crippen molar-refractivity contribution in [3.8, 4) is 0 Å². The molecule has 0 unspecified atom stereocenters. The molecular formula is C13H16ClFN4. The van der Waals surface area contributed by atoms with Gasteiger partial charge in [0.15, 0.2) is 5.82 Å². The minimum absolute atomic E-state index is 0.358. The fourth-order valence-electron chi connectivity index (χ4n) is 1.82. The van der Waals surface area contributed by atoms with Crippen LogP contribution in [0.25, 0.3) is 0 Å². The minimum Gasteiger partial charge on any atom is -0.394 e. The van der Waals surface area contributed by atoms with E-state index in [1.165, 1.54) is 18.2 Å². The van der Waals surface area contributed by atoms with Gasteiger partial charge in [0, 0.05) is 6.54 Å². The average molecular weight is 283 g/mol. The Bertz CT molecular complexity index is 595. The Morgan fingerprint density at radius 3 is 2.89 bits per heavy atom. The number of rotatable bonds is 4. The van der Waals surface area contributed by atoms with E-state index in [-0.39, 0.29) is 5.82 Å². The Balaban J connectivity index is 2.39. The summed E-state index contributed by atoms with van der Waals surface area (Å²) < 4.78 is 15.0. The van der Waals surface area contributed by atoms with Crippen LogP contribution >= 0.6 is 11.6 Å². The molecule has 3 N–H and O–H groups in total. The first kappa shape index (κ1) is 13.7. The molecule has 0 spiro atoms. The molecule has 6 heteroatoms. The number of hydrogen-bond acceptors (Lipinski definition) is 3. The normalized spacial score (nSPS) is 10.7. The van der Waals surface area contributed by atoms with Gasteiger partial charge in [-0.1, -0.05) is 18.5 Å². The number of aryl methyl sites for hydroxylation is 2. The van der Waals surface area contributed by atoms with Crippen molar-refractivity contribution in [3.63, 3.8) is 0 Å². The number of anilines is 3. The number of benzene rings is 1. The van der Waals surface area contributed by atoms with Crippen LogP contribution in [-0.4, -0.2) is 9.78 Å². The van der Waals surface area contributed by atoms with Crippen LogP contribution in [0, 0.1) is 12.7 Å². The van der Waals surface area contributed by atoms with Crippen LogP contribution in [0.5, 0.6) is 0 Å². The first-order valence-electron chi connectivity index (χ1n) is 6.08. The van der Waals surface area contributed by atoms with Gasteiger partial charge in [0.05, 0.1) is 22.1 Å². The number of hydrogen-bond donors (Lipinski definition) is 2. The molecule has 0 radical (unpaired) electrons. The Morgan fingerprint density at radius 2 is 2.21 bits per heavy atom. The third-order valence-electron chi connectivity index (χ3n) is 2.79. The van der Waals surface area contributed by atoms with Crippen LogP contribution < -0.4 is 11.1 Å². The Kier molecular flexibility index (Phi) is 3.95. The maximum atomic E-state index is 13.3. The number of nitrogen functional groups attached to an aromatic ring is 1. The molecule has 0 amide bonds. The molecule has 1 aromatic carbocycles. The highest BCUT2D eigenvalue weighted by Crippen LogP contribution is 2.30. The SMILES string of the molecule is CCCn1nc(C)c(N)c1Nc1cc(F)ccc1Cl. The van der Waals surface area contributed by atoms with Crippen LogP contribution in [0.4, 0.5) is 21.6 Å². The zero-order valence-electron chi connectivity index (χ0n) is 10.9. The van der Waals surface area contributed by atoms with Crippen molar-refractivity contribution >= 4 is 28.8 Å². The fourth-order valence-corrected chi connectivity index (χ4v) is 1.99. The lowest BCUT2D eigenvalue weighted by Gasteiger charge is -2.11. The van der Waals surface area contributed by atoms with Crippen molar-refractivity contribution in [2.75, 3.05) is 11.1 Å². The molecule has 0 fully saturated rings. The van der Waals surface area contributed by atoms with E-state index in [1.54, 1.807) is 4.68 Å². The quantitative estimate of drug-likeness (QED) is 0.898. The van der Waals surface area contributed by atoms with E-state index in [9.17, 15) is 4.39 Å². The van der Waals surface area contributed by atoms with E-state index in [1.807, 2.05) is 13.8 Å². The van der Waals surface area contributed by atoms with Gasteiger partial charge in [0.1, 0.15) is 5.82 Å². The molecule has 0 aliphatic rings. The van der Waals surface area contributed by atoms with E-state index in [4.69, 9.17) is 17.3 Å². The number of aromatic nitrogens is 2. The van der Waals surface area contributed by atoms with Gasteiger partial charge in [0.25, 0.3) is 0 Å². The Labute approximate surface area is 116 Å². The summed E-state index contributed by atoms with van der Waals surface area (Å²) in [6, 6.07) is 4.15. The molecule has 19 heavy (non-hydrogen) atoms. The predicted octanol–water partition coefficient (Wildman–Crippen LogP) is 3.72. The van der Waals surface area contributed by atoms with Crippen molar-refractivity contribution in [2.24, 2.45) is 0 Å². The highest BCUT2D eigenvalue weighted by Gasteiger charge is 2.13. The highest BCUT2D eigenvalue weighted by atomic mass is 35.5. The molecule has 0 aliphatic heterocycles. The second-order valence-corrected chi connectivity index (χ2v) is 4.73. The monoisotopic (exact) mass is 282 g/mol. The predicted molar refractivity (Wildman–Crippen MR) is 76.4 cm³/mol. The molecule has 1 heterocycles. The van der Waals surface area contributed by atoms with E-state index in [0.717, 1.165) is 18.7 Å². The van der Waals surface area contributed by atoms with Crippen LogP contribution in [0.15, 0.2) is 18.2 Å². The zero-order chi connectivity index (χ0) is 14.0. The molecular weight excluding hydrogens is 267 g/mol. The summed E-state index contributed by atoms with van der Waals surface area (Å²) in [5.41, 5.74) is 7.75. The van der Waals surface area contributed by atoms with Gasteiger partial charge in [0.2, 0.25) is 0 Å². The van der Waals surface area contributed by atoms with E-state index in [2.05, 4.69) is 10.4 Å². The molecule has 0 saturated heterocycles. The van der Waals surface area contributed by atoms with Crippen molar-refractivity contribution in [1.82, 2.24) is 9.78 Å². The average Bonchev–Trinajstić information content (AvgIpc) is 2.62. The number of nitrogens with one attached hydrogen (secondary N) is 1. The largest absolute Gasteiger partial charge is 0.394 e. The van der Waals surface area contributed by atoms with Crippen molar-refractivity contribution < 1.29 is 4.39 Å². The summed E-state index contributed by atoms with van der Waals surface area (Å²) in [6.45, 7) is 4.61. The summed E-state index contributed by atoms with van der Waals surface area (Å²) in [5.74, 6) is 0.288. The van der Waals surface area contributed by atoms with Crippen molar-refractivity contribution in [1.29, 1.82) is 0 Å². The first-order chi connectivity index (χ1) is 9.02. The highest BCUT2D eigenvalue weighted by molar-refractivity contribution is 6.33. The summed E-state index contributed by atoms with van der Waals surface area (Å²) >= 11 is 6.04. The lowest BCUT2D eigenvalue weighted by atomic mass is 10.3. The van der Waals surface area contributed by atoms with Crippen molar-refractivity contribution in [3.05, 3.63) is 34.7 Å². The third-order valence-corrected chi connectivity index (χ3v) is 3.12. The zero-order valence-corrected chi connectivity index (χ0v) is 11.6. The Morgan fingerprint density at radius 1 is 1.47 bits per heavy atom. The van der Waals surface area contributed by atoms with Crippen LogP contribution in [0.2, 0.25) is 5.02 Å². The number of nitrogens with two attached hydrogens (primary N) is 1. The van der Waals surface area contributed by atoms with E-state index in [0.29, 0.717) is 22.2 Å². The maximum absolute atomic E-state index is 13.3. The standard InChI is InChI=1S/C13H16ClFN4/c1-3-6-19-13(12(16)8(2)18-19)17-11-7-9(15)4-5-10(11)14/h4-5,7,17H,3,6,16H2,1-2H3. The van der Waals surface area contributed by atoms with E-state index < -0.39 is 0 Å². The molecule has 0 saturated carbocycles. The lowest BCUT2D eigenvalue weighted by molar-refractivity contribution is 0.605. The molecule has 102 valence electrons. The number of nitrogens with zero attached hydrogens (tertiary/aromatic N) is 2. The van der Waals surface area contributed by atoms with Gasteiger partial charge >= 0.3 is 0 Å². The second kappa shape index (κ2) is 5.48. The van der Waals surface area contributed by atoms with Gasteiger partial charge in [-0.25, -0.2) is 9.07 Å². The second-order valence-electron chi connectivity index (χ2n) is 4.32. The molecule has 0 aliphatic carbocycles. The van der Waals surface area contributed by atoms with Gasteiger partial charge in [-0.2, -0.15) is 5.10 Å². The third kappa shape index (κ3) is 2.81. The van der Waals surface area contributed by atoms with Crippen molar-refractivity contribution in [2.45, 2.75) is 26.8 Å². The van der Waals surface area contributed by atoms with Gasteiger partial charge in [-0.15, -0.1) is 0 Å². The molecule has 2 aromatic rings. The number of halogens is 2. The van der Waals surface area contributed by atoms with Crippen LogP contribution in [-0.2, 0) is 6.54 Å². The maximum Gasteiger partial charge on any atom is 0.152 e. The molecule has 0 bridgehead atoms.